The van der Waals surface area contributed by atoms with E-state index in [4.69, 9.17) is 9.47 Å². The van der Waals surface area contributed by atoms with Gasteiger partial charge in [-0.1, -0.05) is 19.9 Å². The van der Waals surface area contributed by atoms with Crippen LogP contribution in [-0.4, -0.2) is 38.3 Å². The average Bonchev–Trinajstić information content (AvgIpc) is 3.00. The van der Waals surface area contributed by atoms with Crippen LogP contribution in [0.1, 0.15) is 25.8 Å². The second kappa shape index (κ2) is 6.20. The highest BCUT2D eigenvalue weighted by Gasteiger charge is 2.46. The maximum atomic E-state index is 13.9. The van der Waals surface area contributed by atoms with Crippen molar-refractivity contribution in [2.75, 3.05) is 26.4 Å². The summed E-state index contributed by atoms with van der Waals surface area (Å²) in [7, 11) is 0. The van der Waals surface area contributed by atoms with Crippen molar-refractivity contribution in [2.24, 2.45) is 5.92 Å². The quantitative estimate of drug-likeness (QED) is 0.881. The lowest BCUT2D eigenvalue weighted by Gasteiger charge is -2.32. The molecule has 1 saturated heterocycles. The molecule has 24 heavy (non-hydrogen) atoms. The lowest BCUT2D eigenvalue weighted by atomic mass is 9.84. The molecule has 0 saturated carbocycles. The molecule has 5 nitrogen and oxygen atoms in total. The van der Waals surface area contributed by atoms with Crippen LogP contribution in [0.15, 0.2) is 18.2 Å². The van der Waals surface area contributed by atoms with Crippen LogP contribution in [0.25, 0.3) is 0 Å². The molecule has 2 heterocycles. The van der Waals surface area contributed by atoms with Crippen LogP contribution in [-0.2, 0) is 10.2 Å². The van der Waals surface area contributed by atoms with E-state index >= 15 is 0 Å². The average molecular weight is 340 g/mol. The molecule has 1 aromatic rings. The van der Waals surface area contributed by atoms with Gasteiger partial charge in [0.15, 0.2) is 11.5 Å². The third kappa shape index (κ3) is 3.31. The highest BCUT2D eigenvalue weighted by molar-refractivity contribution is 5.80. The molecule has 132 valence electrons. The summed E-state index contributed by atoms with van der Waals surface area (Å²) in [4.78, 5) is 12.2. The first-order valence-electron chi connectivity index (χ1n) is 8.06. The molecule has 1 amide bonds. The number of ether oxygens (including phenoxy) is 2. The van der Waals surface area contributed by atoms with Crippen molar-refractivity contribution in [1.82, 2.24) is 10.6 Å². The van der Waals surface area contributed by atoms with Crippen molar-refractivity contribution in [1.29, 1.82) is 0 Å². The Morgan fingerprint density at radius 2 is 2.12 bits per heavy atom. The zero-order chi connectivity index (χ0) is 17.4. The van der Waals surface area contributed by atoms with Gasteiger partial charge in [0.1, 0.15) is 5.92 Å². The summed E-state index contributed by atoms with van der Waals surface area (Å²) in [6, 6.07) is 5.59. The van der Waals surface area contributed by atoms with Gasteiger partial charge >= 0.3 is 0 Å². The SMILES string of the molecule is CC(C)(CNC(=O)C1CCNCC1(F)F)c1ccc2c(c1)OCO2. The molecule has 0 radical (unpaired) electrons. The fraction of sp³-hybridized carbons (Fsp3) is 0.588. The van der Waals surface area contributed by atoms with E-state index in [0.717, 1.165) is 5.56 Å². The largest absolute Gasteiger partial charge is 0.454 e. The van der Waals surface area contributed by atoms with Gasteiger partial charge in [0.05, 0.1) is 6.54 Å². The Bertz CT molecular complexity index is 634. The Labute approximate surface area is 139 Å². The number of fused-ring (bicyclic) bond motifs is 1. The van der Waals surface area contributed by atoms with E-state index in [1.54, 1.807) is 0 Å². The van der Waals surface area contributed by atoms with Crippen molar-refractivity contribution in [3.05, 3.63) is 23.8 Å². The molecule has 2 aliphatic rings. The first-order chi connectivity index (χ1) is 11.3. The van der Waals surface area contributed by atoms with Gasteiger partial charge in [-0.3, -0.25) is 4.79 Å². The third-order valence-electron chi connectivity index (χ3n) is 4.66. The smallest absolute Gasteiger partial charge is 0.271 e. The zero-order valence-corrected chi connectivity index (χ0v) is 13.8. The third-order valence-corrected chi connectivity index (χ3v) is 4.66. The molecule has 1 aromatic carbocycles. The molecule has 2 N–H and O–H groups in total. The minimum atomic E-state index is -3.01. The molecule has 2 aliphatic heterocycles. The number of hydrogen-bond acceptors (Lipinski definition) is 4. The number of carbonyl (C=O) groups is 1. The fourth-order valence-corrected chi connectivity index (χ4v) is 3.01. The number of amides is 1. The van der Waals surface area contributed by atoms with Gasteiger partial charge in [0, 0.05) is 12.0 Å². The van der Waals surface area contributed by atoms with Crippen molar-refractivity contribution in [3.8, 4) is 11.5 Å². The number of rotatable bonds is 4. The highest BCUT2D eigenvalue weighted by atomic mass is 19.3. The standard InChI is InChI=1S/C17H22F2N2O3/c1-16(2,11-3-4-13-14(7-11)24-10-23-13)8-21-15(22)12-5-6-20-9-17(12,18)19/h3-4,7,12,20H,5-6,8-10H2,1-2H3,(H,21,22). The summed E-state index contributed by atoms with van der Waals surface area (Å²) >= 11 is 0. The number of benzene rings is 1. The molecule has 0 bridgehead atoms. The number of piperidine rings is 1. The van der Waals surface area contributed by atoms with Crippen LogP contribution in [0.4, 0.5) is 8.78 Å². The Kier molecular flexibility index (Phi) is 4.38. The van der Waals surface area contributed by atoms with Gasteiger partial charge in [-0.2, -0.15) is 0 Å². The van der Waals surface area contributed by atoms with Crippen LogP contribution in [0.2, 0.25) is 0 Å². The van der Waals surface area contributed by atoms with Gasteiger partial charge in [-0.05, 0) is 30.7 Å². The van der Waals surface area contributed by atoms with Crippen LogP contribution in [0.3, 0.4) is 0 Å². The van der Waals surface area contributed by atoms with Crippen LogP contribution >= 0.6 is 0 Å². The normalized spacial score (nSPS) is 22.2. The summed E-state index contributed by atoms with van der Waals surface area (Å²) < 4.78 is 38.4. The molecule has 3 rings (SSSR count). The lowest BCUT2D eigenvalue weighted by Crippen LogP contribution is -2.53. The Balaban J connectivity index is 1.65. The highest BCUT2D eigenvalue weighted by Crippen LogP contribution is 2.36. The summed E-state index contributed by atoms with van der Waals surface area (Å²) in [6.07, 6.45) is 0.142. The summed E-state index contributed by atoms with van der Waals surface area (Å²) in [5.41, 5.74) is 0.530. The van der Waals surface area contributed by atoms with Crippen molar-refractivity contribution < 1.29 is 23.0 Å². The second-order valence-electron chi connectivity index (χ2n) is 6.95. The number of hydrogen-bond donors (Lipinski definition) is 2. The molecule has 0 aromatic heterocycles. The van der Waals surface area contributed by atoms with Gasteiger partial charge in [-0.15, -0.1) is 0 Å². The number of nitrogens with one attached hydrogen (secondary N) is 2. The van der Waals surface area contributed by atoms with E-state index in [1.165, 1.54) is 0 Å². The molecule has 1 unspecified atom stereocenters. The first kappa shape index (κ1) is 17.0. The molecular weight excluding hydrogens is 318 g/mol. The van der Waals surface area contributed by atoms with E-state index in [9.17, 15) is 13.6 Å². The van der Waals surface area contributed by atoms with E-state index < -0.39 is 29.7 Å². The van der Waals surface area contributed by atoms with Crippen molar-refractivity contribution >= 4 is 5.91 Å². The number of alkyl halides is 2. The minimum absolute atomic E-state index is 0.142. The Morgan fingerprint density at radius 3 is 2.88 bits per heavy atom. The van der Waals surface area contributed by atoms with Crippen LogP contribution < -0.4 is 20.1 Å². The molecule has 0 aliphatic carbocycles. The zero-order valence-electron chi connectivity index (χ0n) is 13.8. The van der Waals surface area contributed by atoms with Crippen LogP contribution in [0, 0.1) is 5.92 Å². The van der Waals surface area contributed by atoms with Crippen LogP contribution in [0.5, 0.6) is 11.5 Å². The van der Waals surface area contributed by atoms with Gasteiger partial charge < -0.3 is 20.1 Å². The van der Waals surface area contributed by atoms with E-state index in [-0.39, 0.29) is 19.8 Å². The van der Waals surface area contributed by atoms with Gasteiger partial charge in [0.2, 0.25) is 12.7 Å². The lowest BCUT2D eigenvalue weighted by molar-refractivity contribution is -0.143. The number of carbonyl (C=O) groups excluding carboxylic acids is 1. The van der Waals surface area contributed by atoms with E-state index in [0.29, 0.717) is 18.0 Å². The summed E-state index contributed by atoms with van der Waals surface area (Å²) in [5.74, 6) is -3.52. The molecule has 1 fully saturated rings. The predicted molar refractivity (Wildman–Crippen MR) is 84.5 cm³/mol. The molecule has 0 spiro atoms. The van der Waals surface area contributed by atoms with E-state index in [2.05, 4.69) is 10.6 Å². The van der Waals surface area contributed by atoms with Crippen molar-refractivity contribution in [3.63, 3.8) is 0 Å². The maximum absolute atomic E-state index is 13.9. The summed E-state index contributed by atoms with van der Waals surface area (Å²) in [5, 5.41) is 5.32. The van der Waals surface area contributed by atoms with Gasteiger partial charge in [-0.25, -0.2) is 8.78 Å². The fourth-order valence-electron chi connectivity index (χ4n) is 3.01. The maximum Gasteiger partial charge on any atom is 0.271 e. The van der Waals surface area contributed by atoms with Crippen molar-refractivity contribution in [2.45, 2.75) is 31.6 Å². The summed E-state index contributed by atoms with van der Waals surface area (Å²) in [6.45, 7) is 4.35. The Hall–Kier alpha value is -1.89. The topological polar surface area (TPSA) is 59.6 Å². The molecule has 7 heteroatoms. The predicted octanol–water partition coefficient (Wildman–Crippen LogP) is 2.05. The van der Waals surface area contributed by atoms with E-state index in [1.807, 2.05) is 32.0 Å². The first-order valence-corrected chi connectivity index (χ1v) is 8.06. The minimum Gasteiger partial charge on any atom is -0.454 e. The number of halogens is 2. The Morgan fingerprint density at radius 1 is 1.38 bits per heavy atom. The monoisotopic (exact) mass is 340 g/mol. The second-order valence-corrected chi connectivity index (χ2v) is 6.95. The van der Waals surface area contributed by atoms with Gasteiger partial charge in [0.25, 0.3) is 5.92 Å². The molecule has 1 atom stereocenters. The molecular formula is C17H22F2N2O3.